The summed E-state index contributed by atoms with van der Waals surface area (Å²) in [7, 11) is 0. The van der Waals surface area contributed by atoms with Gasteiger partial charge in [0.2, 0.25) is 5.91 Å². The highest BCUT2D eigenvalue weighted by atomic mass is 35.5. The van der Waals surface area contributed by atoms with Crippen molar-refractivity contribution < 1.29 is 19.1 Å². The molecule has 1 amide bonds. The lowest BCUT2D eigenvalue weighted by molar-refractivity contribution is -0.122. The van der Waals surface area contributed by atoms with Gasteiger partial charge in [0.25, 0.3) is 0 Å². The first-order valence-electron chi connectivity index (χ1n) is 13.8. The molecule has 4 aromatic carbocycles. The summed E-state index contributed by atoms with van der Waals surface area (Å²) in [5.74, 6) is -1.97. The average molecular weight is 586 g/mol. The van der Waals surface area contributed by atoms with Gasteiger partial charge in [-0.3, -0.25) is 14.4 Å². The number of amides is 1. The summed E-state index contributed by atoms with van der Waals surface area (Å²) in [6.45, 7) is -0.249. The number of nitrogens with zero attached hydrogens (tertiary/aromatic N) is 2. The van der Waals surface area contributed by atoms with Crippen molar-refractivity contribution in [2.75, 3.05) is 11.9 Å². The van der Waals surface area contributed by atoms with Crippen LogP contribution >= 0.6 is 11.6 Å². The van der Waals surface area contributed by atoms with E-state index in [-0.39, 0.29) is 35.4 Å². The van der Waals surface area contributed by atoms with Crippen LogP contribution in [0.15, 0.2) is 103 Å². The maximum absolute atomic E-state index is 14.8. The Kier molecular flexibility index (Phi) is 6.37. The largest absolute Gasteiger partial charge is 0.478 e. The number of ether oxygens (including phenoxy) is 1. The lowest BCUT2D eigenvalue weighted by atomic mass is 9.62. The molecule has 4 aromatic rings. The van der Waals surface area contributed by atoms with E-state index >= 15 is 0 Å². The highest BCUT2D eigenvalue weighted by molar-refractivity contribution is 6.30. The number of Topliss-reactive ketones (excluding diaryl/α,β-unsaturated/α-hetero) is 2. The van der Waals surface area contributed by atoms with Crippen molar-refractivity contribution in [1.29, 1.82) is 5.26 Å². The van der Waals surface area contributed by atoms with Crippen LogP contribution in [0.5, 0.6) is 5.75 Å². The van der Waals surface area contributed by atoms with Gasteiger partial charge in [-0.1, -0.05) is 66.2 Å². The minimum atomic E-state index is -1.45. The van der Waals surface area contributed by atoms with Crippen LogP contribution in [0.2, 0.25) is 5.02 Å². The Morgan fingerprint density at radius 2 is 1.65 bits per heavy atom. The van der Waals surface area contributed by atoms with Crippen molar-refractivity contribution in [3.05, 3.63) is 136 Å². The Bertz CT molecular complexity index is 1880. The molecule has 8 heteroatoms. The Morgan fingerprint density at radius 3 is 2.47 bits per heavy atom. The molecule has 3 aliphatic rings. The zero-order valence-electron chi connectivity index (χ0n) is 22.7. The minimum Gasteiger partial charge on any atom is -0.478 e. The monoisotopic (exact) mass is 585 g/mol. The molecular formula is C35H24ClN3O4. The second-order valence-electron chi connectivity index (χ2n) is 10.8. The maximum Gasteiger partial charge on any atom is 0.238 e. The van der Waals surface area contributed by atoms with E-state index < -0.39 is 23.4 Å². The van der Waals surface area contributed by atoms with Gasteiger partial charge in [0, 0.05) is 22.5 Å². The topological polar surface area (TPSA) is 99.5 Å². The van der Waals surface area contributed by atoms with E-state index in [4.69, 9.17) is 21.6 Å². The highest BCUT2D eigenvalue weighted by Crippen LogP contribution is 2.62. The smallest absolute Gasteiger partial charge is 0.238 e. The molecule has 0 unspecified atom stereocenters. The van der Waals surface area contributed by atoms with Gasteiger partial charge in [0.1, 0.15) is 23.3 Å². The first-order chi connectivity index (χ1) is 21.0. The number of anilines is 1. The predicted molar refractivity (Wildman–Crippen MR) is 162 cm³/mol. The molecule has 7 nitrogen and oxygen atoms in total. The van der Waals surface area contributed by atoms with Crippen LogP contribution in [0, 0.1) is 17.2 Å². The summed E-state index contributed by atoms with van der Waals surface area (Å²) in [6.07, 6.45) is 3.73. The average Bonchev–Trinajstić information content (AvgIpc) is 3.52. The van der Waals surface area contributed by atoms with Crippen LogP contribution in [0.3, 0.4) is 0 Å². The summed E-state index contributed by atoms with van der Waals surface area (Å²) >= 11 is 6.18. The summed E-state index contributed by atoms with van der Waals surface area (Å²) < 4.78 is 5.65. The van der Waals surface area contributed by atoms with Gasteiger partial charge in [-0.05, 0) is 65.2 Å². The molecule has 3 heterocycles. The van der Waals surface area contributed by atoms with E-state index in [1.165, 1.54) is 0 Å². The Hall–Kier alpha value is -5.19. The number of halogens is 1. The number of carbonyl (C=O) groups is 3. The summed E-state index contributed by atoms with van der Waals surface area (Å²) in [5.41, 5.74) is 2.15. The highest BCUT2D eigenvalue weighted by Gasteiger charge is 2.70. The van der Waals surface area contributed by atoms with Crippen molar-refractivity contribution in [2.45, 2.75) is 17.5 Å². The fraction of sp³-hybridized carbons (Fsp3) is 0.143. The quantitative estimate of drug-likeness (QED) is 0.270. The number of benzene rings is 4. The molecule has 210 valence electrons. The van der Waals surface area contributed by atoms with Crippen molar-refractivity contribution >= 4 is 40.8 Å². The first kappa shape index (κ1) is 26.7. The number of hydrogen-bond donors (Lipinski definition) is 1. The van der Waals surface area contributed by atoms with Gasteiger partial charge in [0.15, 0.2) is 18.2 Å². The van der Waals surface area contributed by atoms with Gasteiger partial charge in [-0.25, -0.2) is 0 Å². The fourth-order valence-electron chi connectivity index (χ4n) is 7.03. The van der Waals surface area contributed by atoms with Crippen LogP contribution < -0.4 is 10.1 Å². The van der Waals surface area contributed by atoms with Gasteiger partial charge < -0.3 is 15.0 Å². The van der Waals surface area contributed by atoms with Crippen LogP contribution in [-0.2, 0) is 10.2 Å². The minimum absolute atomic E-state index is 0.228. The number of para-hydroxylation sites is 2. The van der Waals surface area contributed by atoms with Crippen LogP contribution in [0.1, 0.15) is 43.4 Å². The van der Waals surface area contributed by atoms with Crippen LogP contribution in [0.25, 0.3) is 6.08 Å². The third kappa shape index (κ3) is 3.91. The molecule has 0 aliphatic carbocycles. The van der Waals surface area contributed by atoms with Gasteiger partial charge in [0.05, 0.1) is 17.5 Å². The number of hydrogen-bond acceptors (Lipinski definition) is 6. The molecule has 0 aromatic heterocycles. The SMILES string of the molecule is N#CCOc1ccccc1C(=O)[C@@H]1[C@H](C(=O)c2ccc(Cl)cc2)[C@@]2(C(=O)Nc3ccccc32)[C@H]2c3ccccc3C=CN12. The van der Waals surface area contributed by atoms with Crippen molar-refractivity contribution in [3.8, 4) is 11.8 Å². The number of fused-ring (bicyclic) bond motifs is 6. The molecule has 43 heavy (non-hydrogen) atoms. The molecule has 7 rings (SSSR count). The van der Waals surface area contributed by atoms with Crippen molar-refractivity contribution in [2.24, 2.45) is 5.92 Å². The molecule has 0 radical (unpaired) electrons. The van der Waals surface area contributed by atoms with Gasteiger partial charge in [-0.15, -0.1) is 0 Å². The third-order valence-electron chi connectivity index (χ3n) is 8.70. The molecule has 0 bridgehead atoms. The van der Waals surface area contributed by atoms with Gasteiger partial charge >= 0.3 is 0 Å². The summed E-state index contributed by atoms with van der Waals surface area (Å²) in [5, 5.41) is 12.7. The Balaban J connectivity index is 1.52. The van der Waals surface area contributed by atoms with E-state index in [9.17, 15) is 14.4 Å². The van der Waals surface area contributed by atoms with E-state index in [2.05, 4.69) is 5.32 Å². The Morgan fingerprint density at radius 1 is 0.930 bits per heavy atom. The third-order valence-corrected chi connectivity index (χ3v) is 8.95. The first-order valence-corrected chi connectivity index (χ1v) is 14.2. The lowest BCUT2D eigenvalue weighted by Gasteiger charge is -2.38. The van der Waals surface area contributed by atoms with Crippen LogP contribution in [0.4, 0.5) is 5.69 Å². The molecule has 4 atom stereocenters. The molecule has 0 saturated carbocycles. The number of nitrogens with one attached hydrogen (secondary N) is 1. The summed E-state index contributed by atoms with van der Waals surface area (Å²) in [6, 6.07) is 28.5. The second-order valence-corrected chi connectivity index (χ2v) is 11.2. The Labute approximate surface area is 253 Å². The predicted octanol–water partition coefficient (Wildman–Crippen LogP) is 6.22. The zero-order chi connectivity index (χ0) is 29.7. The molecule has 1 spiro atoms. The molecule has 1 saturated heterocycles. The molecule has 1 N–H and O–H groups in total. The number of carbonyl (C=O) groups excluding carboxylic acids is 3. The summed E-state index contributed by atoms with van der Waals surface area (Å²) in [4.78, 5) is 46.0. The number of ketones is 2. The molecular weight excluding hydrogens is 562 g/mol. The van der Waals surface area contributed by atoms with Crippen LogP contribution in [-0.4, -0.2) is 35.0 Å². The van der Waals surface area contributed by atoms with Crippen molar-refractivity contribution in [3.63, 3.8) is 0 Å². The lowest BCUT2D eigenvalue weighted by Crippen LogP contribution is -2.49. The second kappa shape index (κ2) is 10.3. The standard InChI is InChI=1S/C35H24ClN3O4/c36-23-15-13-22(14-16-23)31(40)29-30(32(41)25-9-3-6-12-28(25)43-20-18-37)39-19-17-21-7-1-2-8-24(21)33(39)35(29)26-10-4-5-11-27(26)38-34(35)42/h1-17,19,29-30,33H,20H2,(H,38,42)/t29-,30+,33-,35-/m1/s1. The zero-order valence-corrected chi connectivity index (χ0v) is 23.5. The van der Waals surface area contributed by atoms with E-state index in [0.717, 1.165) is 11.1 Å². The van der Waals surface area contributed by atoms with Gasteiger partial charge in [-0.2, -0.15) is 5.26 Å². The van der Waals surface area contributed by atoms with Crippen molar-refractivity contribution in [1.82, 2.24) is 4.90 Å². The fourth-order valence-corrected chi connectivity index (χ4v) is 7.15. The number of rotatable bonds is 6. The number of nitriles is 1. The van der Waals surface area contributed by atoms with E-state index in [1.54, 1.807) is 48.5 Å². The van der Waals surface area contributed by atoms with E-state index in [0.29, 0.717) is 21.8 Å². The molecule has 1 fully saturated rings. The normalized spacial score (nSPS) is 22.7. The van der Waals surface area contributed by atoms with E-state index in [1.807, 2.05) is 71.8 Å². The maximum atomic E-state index is 14.8. The molecule has 3 aliphatic heterocycles.